The number of ether oxygens (including phenoxy) is 1. The van der Waals surface area contributed by atoms with Crippen LogP contribution in [0.3, 0.4) is 0 Å². The maximum absolute atomic E-state index is 11.8. The van der Waals surface area contributed by atoms with Crippen molar-refractivity contribution in [3.8, 4) is 5.75 Å². The normalized spacial score (nSPS) is 13.4. The fourth-order valence-corrected chi connectivity index (χ4v) is 2.01. The van der Waals surface area contributed by atoms with Crippen molar-refractivity contribution < 1.29 is 9.53 Å². The number of rotatable bonds is 3. The summed E-state index contributed by atoms with van der Waals surface area (Å²) < 4.78 is 6.52. The Bertz CT molecular complexity index is 468. The number of benzene rings is 1. The number of hydrogen-bond acceptors (Lipinski definition) is 2. The second kappa shape index (κ2) is 5.36. The molecule has 0 radical (unpaired) electrons. The zero-order chi connectivity index (χ0) is 12.3. The van der Waals surface area contributed by atoms with Gasteiger partial charge in [-0.1, -0.05) is 22.9 Å². The quantitative estimate of drug-likeness (QED) is 0.931. The average Bonchev–Trinajstić information content (AvgIpc) is 2.35. The van der Waals surface area contributed by atoms with Crippen molar-refractivity contribution in [1.29, 1.82) is 0 Å². The standard InChI is InChI=1S/C13H14BrNO2/c1-2-5-15-13(16)10-6-9-7-11(14)3-4-12(9)17-8-10/h3-4,6-7H,2,5,8H2,1H3,(H,15,16). The molecule has 1 aromatic rings. The molecule has 1 amide bonds. The van der Waals surface area contributed by atoms with Crippen molar-refractivity contribution in [1.82, 2.24) is 5.32 Å². The zero-order valence-corrected chi connectivity index (χ0v) is 11.2. The Kier molecular flexibility index (Phi) is 3.84. The molecular formula is C13H14BrNO2. The summed E-state index contributed by atoms with van der Waals surface area (Å²) in [5.41, 5.74) is 1.61. The van der Waals surface area contributed by atoms with Gasteiger partial charge in [0.25, 0.3) is 5.91 Å². The van der Waals surface area contributed by atoms with Crippen LogP contribution in [-0.4, -0.2) is 19.1 Å². The molecule has 1 N–H and O–H groups in total. The molecule has 3 nitrogen and oxygen atoms in total. The van der Waals surface area contributed by atoms with Gasteiger partial charge in [-0.15, -0.1) is 0 Å². The molecule has 0 saturated heterocycles. The summed E-state index contributed by atoms with van der Waals surface area (Å²) in [6.45, 7) is 3.06. The Balaban J connectivity index is 2.19. The first-order chi connectivity index (χ1) is 8.20. The van der Waals surface area contributed by atoms with E-state index in [4.69, 9.17) is 4.74 Å². The minimum absolute atomic E-state index is 0.0440. The molecule has 1 aliphatic heterocycles. The largest absolute Gasteiger partial charge is 0.488 e. The van der Waals surface area contributed by atoms with Gasteiger partial charge < -0.3 is 10.1 Å². The van der Waals surface area contributed by atoms with Gasteiger partial charge in [0.15, 0.2) is 0 Å². The van der Waals surface area contributed by atoms with Crippen LogP contribution < -0.4 is 10.1 Å². The van der Waals surface area contributed by atoms with Crippen molar-refractivity contribution in [3.63, 3.8) is 0 Å². The van der Waals surface area contributed by atoms with E-state index in [0.29, 0.717) is 18.7 Å². The van der Waals surface area contributed by atoms with E-state index in [2.05, 4.69) is 21.2 Å². The van der Waals surface area contributed by atoms with Crippen LogP contribution in [0.25, 0.3) is 6.08 Å². The number of hydrogen-bond donors (Lipinski definition) is 1. The topological polar surface area (TPSA) is 38.3 Å². The van der Waals surface area contributed by atoms with Crippen LogP contribution in [0.2, 0.25) is 0 Å². The van der Waals surface area contributed by atoms with Crippen LogP contribution in [0.5, 0.6) is 5.75 Å². The molecule has 0 fully saturated rings. The fraction of sp³-hybridized carbons (Fsp3) is 0.308. The summed E-state index contributed by atoms with van der Waals surface area (Å²) in [4.78, 5) is 11.8. The van der Waals surface area contributed by atoms with Gasteiger partial charge in [-0.3, -0.25) is 4.79 Å². The third-order valence-electron chi connectivity index (χ3n) is 2.51. The van der Waals surface area contributed by atoms with Gasteiger partial charge in [-0.25, -0.2) is 0 Å². The highest BCUT2D eigenvalue weighted by atomic mass is 79.9. The molecule has 0 aromatic heterocycles. The van der Waals surface area contributed by atoms with E-state index in [1.807, 2.05) is 31.2 Å². The fourth-order valence-electron chi connectivity index (χ4n) is 1.63. The van der Waals surface area contributed by atoms with Crippen LogP contribution in [0.4, 0.5) is 0 Å². The predicted molar refractivity (Wildman–Crippen MR) is 70.9 cm³/mol. The Morgan fingerprint density at radius 2 is 2.35 bits per heavy atom. The third kappa shape index (κ3) is 2.88. The SMILES string of the molecule is CCCNC(=O)C1=Cc2cc(Br)ccc2OC1. The molecule has 0 atom stereocenters. The number of amides is 1. The van der Waals surface area contributed by atoms with Crippen LogP contribution in [0, 0.1) is 0 Å². The minimum atomic E-state index is -0.0440. The summed E-state index contributed by atoms with van der Waals surface area (Å²) in [6.07, 6.45) is 2.82. The Labute approximate surface area is 109 Å². The van der Waals surface area contributed by atoms with E-state index in [1.54, 1.807) is 0 Å². The number of carbonyl (C=O) groups excluding carboxylic acids is 1. The van der Waals surface area contributed by atoms with E-state index in [1.165, 1.54) is 0 Å². The first-order valence-corrected chi connectivity index (χ1v) is 6.41. The average molecular weight is 296 g/mol. The zero-order valence-electron chi connectivity index (χ0n) is 9.63. The number of carbonyl (C=O) groups is 1. The molecule has 1 heterocycles. The lowest BCUT2D eigenvalue weighted by Crippen LogP contribution is -2.29. The summed E-state index contributed by atoms with van der Waals surface area (Å²) in [7, 11) is 0. The summed E-state index contributed by atoms with van der Waals surface area (Å²) in [5, 5.41) is 2.85. The highest BCUT2D eigenvalue weighted by molar-refractivity contribution is 9.10. The first-order valence-electron chi connectivity index (χ1n) is 5.62. The molecule has 1 aliphatic rings. The number of fused-ring (bicyclic) bond motifs is 1. The van der Waals surface area contributed by atoms with E-state index in [-0.39, 0.29) is 5.91 Å². The van der Waals surface area contributed by atoms with Crippen molar-refractivity contribution in [2.45, 2.75) is 13.3 Å². The molecule has 90 valence electrons. The predicted octanol–water partition coefficient (Wildman–Crippen LogP) is 2.75. The maximum Gasteiger partial charge on any atom is 0.250 e. The van der Waals surface area contributed by atoms with Crippen LogP contribution in [0.15, 0.2) is 28.2 Å². The number of nitrogens with one attached hydrogen (secondary N) is 1. The van der Waals surface area contributed by atoms with Crippen LogP contribution in [0.1, 0.15) is 18.9 Å². The molecule has 0 bridgehead atoms. The first kappa shape index (κ1) is 12.2. The minimum Gasteiger partial charge on any atom is -0.488 e. The molecule has 0 aliphatic carbocycles. The van der Waals surface area contributed by atoms with E-state index < -0.39 is 0 Å². The van der Waals surface area contributed by atoms with Gasteiger partial charge in [0.05, 0.1) is 5.57 Å². The molecule has 1 aromatic carbocycles. The Morgan fingerprint density at radius 3 is 3.12 bits per heavy atom. The van der Waals surface area contributed by atoms with E-state index in [9.17, 15) is 4.79 Å². The second-order valence-corrected chi connectivity index (χ2v) is 4.81. The maximum atomic E-state index is 11.8. The summed E-state index contributed by atoms with van der Waals surface area (Å²) >= 11 is 3.40. The van der Waals surface area contributed by atoms with Gasteiger partial charge in [0.2, 0.25) is 0 Å². The van der Waals surface area contributed by atoms with Gasteiger partial charge >= 0.3 is 0 Å². The summed E-state index contributed by atoms with van der Waals surface area (Å²) in [5.74, 6) is 0.776. The summed E-state index contributed by atoms with van der Waals surface area (Å²) in [6, 6.07) is 5.77. The smallest absolute Gasteiger partial charge is 0.250 e. The lowest BCUT2D eigenvalue weighted by molar-refractivity contribution is -0.117. The van der Waals surface area contributed by atoms with E-state index in [0.717, 1.165) is 22.2 Å². The highest BCUT2D eigenvalue weighted by Crippen LogP contribution is 2.29. The number of halogens is 1. The van der Waals surface area contributed by atoms with Crippen molar-refractivity contribution >= 4 is 27.9 Å². The molecule has 0 saturated carbocycles. The molecule has 0 spiro atoms. The Hall–Kier alpha value is -1.29. The second-order valence-electron chi connectivity index (χ2n) is 3.90. The van der Waals surface area contributed by atoms with Gasteiger partial charge in [-0.2, -0.15) is 0 Å². The lowest BCUT2D eigenvalue weighted by atomic mass is 10.1. The molecule has 2 rings (SSSR count). The van der Waals surface area contributed by atoms with Gasteiger partial charge in [0, 0.05) is 16.6 Å². The van der Waals surface area contributed by atoms with E-state index >= 15 is 0 Å². The highest BCUT2D eigenvalue weighted by Gasteiger charge is 2.16. The molecular weight excluding hydrogens is 282 g/mol. The van der Waals surface area contributed by atoms with Crippen LogP contribution in [-0.2, 0) is 4.79 Å². The van der Waals surface area contributed by atoms with Crippen molar-refractivity contribution in [3.05, 3.63) is 33.8 Å². The van der Waals surface area contributed by atoms with Crippen molar-refractivity contribution in [2.75, 3.05) is 13.2 Å². The molecule has 0 unspecified atom stereocenters. The lowest BCUT2D eigenvalue weighted by Gasteiger charge is -2.17. The van der Waals surface area contributed by atoms with Gasteiger partial charge in [0.1, 0.15) is 12.4 Å². The van der Waals surface area contributed by atoms with Crippen molar-refractivity contribution in [2.24, 2.45) is 0 Å². The third-order valence-corrected chi connectivity index (χ3v) is 3.01. The molecule has 4 heteroatoms. The molecule has 17 heavy (non-hydrogen) atoms. The van der Waals surface area contributed by atoms with Crippen LogP contribution >= 0.6 is 15.9 Å². The monoisotopic (exact) mass is 295 g/mol. The van der Waals surface area contributed by atoms with Gasteiger partial charge in [-0.05, 0) is 30.7 Å². The Morgan fingerprint density at radius 1 is 1.53 bits per heavy atom.